The van der Waals surface area contributed by atoms with Crippen molar-refractivity contribution in [3.8, 4) is 0 Å². The first-order valence-electron chi connectivity index (χ1n) is 7.01. The summed E-state index contributed by atoms with van der Waals surface area (Å²) in [6, 6.07) is 9.97. The number of aryl methyl sites for hydroxylation is 1. The van der Waals surface area contributed by atoms with Crippen molar-refractivity contribution in [3.63, 3.8) is 0 Å². The molecule has 0 bridgehead atoms. The molecule has 1 aliphatic heterocycles. The molecule has 0 radical (unpaired) electrons. The van der Waals surface area contributed by atoms with Crippen LogP contribution < -0.4 is 0 Å². The first kappa shape index (κ1) is 15.5. The maximum Gasteiger partial charge on any atom is 0.216 e. The van der Waals surface area contributed by atoms with E-state index in [1.807, 2.05) is 44.2 Å². The van der Waals surface area contributed by atoms with E-state index in [-0.39, 0.29) is 12.0 Å². The predicted molar refractivity (Wildman–Crippen MR) is 79.9 cm³/mol. The Bertz CT molecular complexity index is 539. The van der Waals surface area contributed by atoms with Crippen molar-refractivity contribution in [2.75, 3.05) is 12.4 Å². The molecule has 4 nitrogen and oxygen atoms in total. The Morgan fingerprint density at radius 2 is 1.95 bits per heavy atom. The molecular weight excluding hydrogens is 274 g/mol. The molecule has 0 N–H and O–H groups in total. The Balaban J connectivity index is 1.98. The van der Waals surface area contributed by atoms with Gasteiger partial charge in [0.2, 0.25) is 10.0 Å². The van der Waals surface area contributed by atoms with E-state index in [1.165, 1.54) is 9.87 Å². The Hall–Kier alpha value is -0.910. The van der Waals surface area contributed by atoms with E-state index < -0.39 is 15.6 Å². The standard InChI is InChI=1S/C15H23NO3S/c1-13-16(15(2,3)12-19-13)20(17,18)11-7-10-14-8-5-4-6-9-14/h4-6,8-9,13H,7,10-12H2,1-3H3. The Kier molecular flexibility index (Phi) is 4.52. The van der Waals surface area contributed by atoms with E-state index >= 15 is 0 Å². The van der Waals surface area contributed by atoms with Gasteiger partial charge >= 0.3 is 0 Å². The largest absolute Gasteiger partial charge is 0.360 e. The summed E-state index contributed by atoms with van der Waals surface area (Å²) >= 11 is 0. The maximum atomic E-state index is 12.5. The summed E-state index contributed by atoms with van der Waals surface area (Å²) < 4.78 is 32.0. The van der Waals surface area contributed by atoms with Gasteiger partial charge in [0.05, 0.1) is 17.9 Å². The first-order chi connectivity index (χ1) is 9.33. The number of hydrogen-bond acceptors (Lipinski definition) is 3. The predicted octanol–water partition coefficient (Wildman–Crippen LogP) is 2.41. The van der Waals surface area contributed by atoms with Crippen LogP contribution in [-0.4, -0.2) is 36.8 Å². The van der Waals surface area contributed by atoms with Crippen LogP contribution in [0.2, 0.25) is 0 Å². The SMILES string of the molecule is CC1OCC(C)(C)N1S(=O)(=O)CCCc1ccccc1. The van der Waals surface area contributed by atoms with Gasteiger partial charge in [-0.05, 0) is 39.2 Å². The molecule has 1 aromatic carbocycles. The molecule has 0 aliphatic carbocycles. The van der Waals surface area contributed by atoms with Gasteiger partial charge in [0.1, 0.15) is 6.23 Å². The smallest absolute Gasteiger partial charge is 0.216 e. The van der Waals surface area contributed by atoms with Crippen LogP contribution in [0.15, 0.2) is 30.3 Å². The maximum absolute atomic E-state index is 12.5. The topological polar surface area (TPSA) is 46.6 Å². The molecule has 0 amide bonds. The zero-order chi connectivity index (χ0) is 14.8. The summed E-state index contributed by atoms with van der Waals surface area (Å²) in [5.74, 6) is 0.166. The molecule has 0 spiro atoms. The molecule has 1 atom stereocenters. The molecule has 1 unspecified atom stereocenters. The van der Waals surface area contributed by atoms with Gasteiger partial charge in [-0.1, -0.05) is 30.3 Å². The third-order valence-corrected chi connectivity index (χ3v) is 5.81. The molecule has 112 valence electrons. The third kappa shape index (κ3) is 3.40. The zero-order valence-corrected chi connectivity index (χ0v) is 13.2. The van der Waals surface area contributed by atoms with E-state index in [1.54, 1.807) is 6.92 Å². The summed E-state index contributed by atoms with van der Waals surface area (Å²) in [6.07, 6.45) is 1.04. The normalized spacial score (nSPS) is 23.1. The number of rotatable bonds is 5. The number of sulfonamides is 1. The van der Waals surface area contributed by atoms with Crippen molar-refractivity contribution in [3.05, 3.63) is 35.9 Å². The van der Waals surface area contributed by atoms with E-state index in [9.17, 15) is 8.42 Å². The van der Waals surface area contributed by atoms with Crippen molar-refractivity contribution in [2.45, 2.75) is 45.4 Å². The molecular formula is C15H23NO3S. The van der Waals surface area contributed by atoms with Crippen LogP contribution >= 0.6 is 0 Å². The van der Waals surface area contributed by atoms with Crippen molar-refractivity contribution >= 4 is 10.0 Å². The molecule has 1 aliphatic rings. The van der Waals surface area contributed by atoms with Crippen molar-refractivity contribution in [1.29, 1.82) is 0 Å². The van der Waals surface area contributed by atoms with Crippen LogP contribution in [0.3, 0.4) is 0 Å². The number of nitrogens with zero attached hydrogens (tertiary/aromatic N) is 1. The lowest BCUT2D eigenvalue weighted by atomic mass is 10.1. The molecule has 1 aromatic rings. The molecule has 5 heteroatoms. The second kappa shape index (κ2) is 5.84. The second-order valence-electron chi connectivity index (χ2n) is 5.92. The van der Waals surface area contributed by atoms with Crippen LogP contribution in [0, 0.1) is 0 Å². The summed E-state index contributed by atoms with van der Waals surface area (Å²) in [4.78, 5) is 0. The fraction of sp³-hybridized carbons (Fsp3) is 0.600. The number of benzene rings is 1. The van der Waals surface area contributed by atoms with Crippen LogP contribution in [0.25, 0.3) is 0 Å². The van der Waals surface area contributed by atoms with Gasteiger partial charge in [0, 0.05) is 0 Å². The molecule has 20 heavy (non-hydrogen) atoms. The van der Waals surface area contributed by atoms with Gasteiger partial charge in [0.15, 0.2) is 0 Å². The number of hydrogen-bond donors (Lipinski definition) is 0. The highest BCUT2D eigenvalue weighted by Gasteiger charge is 2.45. The van der Waals surface area contributed by atoms with E-state index in [0.29, 0.717) is 13.0 Å². The molecule has 1 saturated heterocycles. The zero-order valence-electron chi connectivity index (χ0n) is 12.4. The Morgan fingerprint density at radius 1 is 1.30 bits per heavy atom. The fourth-order valence-corrected chi connectivity index (χ4v) is 4.78. The van der Waals surface area contributed by atoms with E-state index in [0.717, 1.165) is 6.42 Å². The minimum Gasteiger partial charge on any atom is -0.360 e. The van der Waals surface area contributed by atoms with Crippen LogP contribution in [0.5, 0.6) is 0 Å². The lowest BCUT2D eigenvalue weighted by Gasteiger charge is -2.30. The minimum atomic E-state index is -3.28. The van der Waals surface area contributed by atoms with Gasteiger partial charge in [-0.25, -0.2) is 8.42 Å². The summed E-state index contributed by atoms with van der Waals surface area (Å²) in [5.41, 5.74) is 0.720. The van der Waals surface area contributed by atoms with Crippen molar-refractivity contribution in [2.24, 2.45) is 0 Å². The second-order valence-corrected chi connectivity index (χ2v) is 7.89. The van der Waals surface area contributed by atoms with Crippen LogP contribution in [-0.2, 0) is 21.2 Å². The van der Waals surface area contributed by atoms with Gasteiger partial charge in [-0.15, -0.1) is 0 Å². The monoisotopic (exact) mass is 297 g/mol. The molecule has 0 aromatic heterocycles. The van der Waals surface area contributed by atoms with Gasteiger partial charge < -0.3 is 4.74 Å². The average Bonchev–Trinajstić information content (AvgIpc) is 2.65. The first-order valence-corrected chi connectivity index (χ1v) is 8.62. The number of ether oxygens (including phenoxy) is 1. The molecule has 1 heterocycles. The summed E-state index contributed by atoms with van der Waals surface area (Å²) in [5, 5.41) is 0. The highest BCUT2D eigenvalue weighted by Crippen LogP contribution is 2.30. The quantitative estimate of drug-likeness (QED) is 0.838. The highest BCUT2D eigenvalue weighted by atomic mass is 32.2. The lowest BCUT2D eigenvalue weighted by Crippen LogP contribution is -2.48. The third-order valence-electron chi connectivity index (χ3n) is 3.61. The molecule has 0 saturated carbocycles. The van der Waals surface area contributed by atoms with Gasteiger partial charge in [0.25, 0.3) is 0 Å². The molecule has 2 rings (SSSR count). The summed E-state index contributed by atoms with van der Waals surface area (Å²) in [7, 11) is -3.28. The van der Waals surface area contributed by atoms with Gasteiger partial charge in [-0.3, -0.25) is 0 Å². The van der Waals surface area contributed by atoms with Crippen LogP contribution in [0.1, 0.15) is 32.8 Å². The van der Waals surface area contributed by atoms with Crippen molar-refractivity contribution in [1.82, 2.24) is 4.31 Å². The van der Waals surface area contributed by atoms with E-state index in [4.69, 9.17) is 4.74 Å². The molecule has 1 fully saturated rings. The van der Waals surface area contributed by atoms with Crippen molar-refractivity contribution < 1.29 is 13.2 Å². The fourth-order valence-electron chi connectivity index (χ4n) is 2.75. The Morgan fingerprint density at radius 3 is 2.50 bits per heavy atom. The highest BCUT2D eigenvalue weighted by molar-refractivity contribution is 7.89. The van der Waals surface area contributed by atoms with E-state index in [2.05, 4.69) is 0 Å². The van der Waals surface area contributed by atoms with Gasteiger partial charge in [-0.2, -0.15) is 4.31 Å². The minimum absolute atomic E-state index is 0.166. The Labute approximate surface area is 121 Å². The summed E-state index contributed by atoms with van der Waals surface area (Å²) in [6.45, 7) is 6.06. The average molecular weight is 297 g/mol. The van der Waals surface area contributed by atoms with Crippen LogP contribution in [0.4, 0.5) is 0 Å². The lowest BCUT2D eigenvalue weighted by molar-refractivity contribution is 0.0843.